The van der Waals surface area contributed by atoms with E-state index in [9.17, 15) is 9.59 Å². The summed E-state index contributed by atoms with van der Waals surface area (Å²) in [4.78, 5) is 27.8. The summed E-state index contributed by atoms with van der Waals surface area (Å²) < 4.78 is 12.2. The van der Waals surface area contributed by atoms with Crippen LogP contribution in [0.25, 0.3) is 0 Å². The van der Waals surface area contributed by atoms with Gasteiger partial charge in [0.2, 0.25) is 0 Å². The number of carbonyl (C=O) groups is 2. The van der Waals surface area contributed by atoms with Crippen molar-refractivity contribution >= 4 is 33.8 Å². The van der Waals surface area contributed by atoms with Crippen LogP contribution in [0.4, 0.5) is 15.3 Å². The van der Waals surface area contributed by atoms with Crippen LogP contribution in [0.1, 0.15) is 71.1 Å². The minimum atomic E-state index is -0.645. The first kappa shape index (κ1) is 27.3. The number of cyclic esters (lactones) is 1. The van der Waals surface area contributed by atoms with E-state index in [1.54, 1.807) is 0 Å². The number of alkyl carbamates (subject to hydrolysis) is 1. The number of halogens is 1. The molecular formula is C29H38BrN3O4. The molecular weight excluding hydrogens is 534 g/mol. The van der Waals surface area contributed by atoms with Gasteiger partial charge in [0.1, 0.15) is 11.7 Å². The Morgan fingerprint density at radius 1 is 1.19 bits per heavy atom. The van der Waals surface area contributed by atoms with Crippen LogP contribution in [0.15, 0.2) is 46.9 Å². The van der Waals surface area contributed by atoms with Crippen LogP contribution in [-0.2, 0) is 26.8 Å². The predicted molar refractivity (Wildman–Crippen MR) is 148 cm³/mol. The average Bonchev–Trinajstić information content (AvgIpc) is 3.50. The monoisotopic (exact) mass is 571 g/mol. The van der Waals surface area contributed by atoms with E-state index in [0.29, 0.717) is 18.7 Å². The van der Waals surface area contributed by atoms with Crippen molar-refractivity contribution in [2.24, 2.45) is 0 Å². The van der Waals surface area contributed by atoms with Crippen molar-refractivity contribution in [3.05, 3.63) is 63.6 Å². The number of nitrogens with zero attached hydrogens (tertiary/aromatic N) is 1. The minimum absolute atomic E-state index is 0.00985. The largest absolute Gasteiger partial charge is 0.444 e. The van der Waals surface area contributed by atoms with Gasteiger partial charge in [0, 0.05) is 10.2 Å². The van der Waals surface area contributed by atoms with E-state index < -0.39 is 23.8 Å². The molecule has 0 aromatic heterocycles. The van der Waals surface area contributed by atoms with Gasteiger partial charge in [-0.1, -0.05) is 51.1 Å². The van der Waals surface area contributed by atoms with Crippen molar-refractivity contribution in [2.45, 2.75) is 89.5 Å². The van der Waals surface area contributed by atoms with Gasteiger partial charge in [0.15, 0.2) is 0 Å². The first-order valence-electron chi connectivity index (χ1n) is 12.8. The lowest BCUT2D eigenvalue weighted by Crippen LogP contribution is -2.48. The SMILES string of the molecule is CC(C)(C)OC(=O)N[C@@H](Cc1ccc(N)c(Br)c1)C1CN(C2(c3cccc(C(C)(C)C)c3)CC2)C(=O)O1. The number of amides is 2. The Kier molecular flexibility index (Phi) is 7.27. The normalized spacial score (nSPS) is 19.8. The molecule has 2 atom stereocenters. The maximum Gasteiger partial charge on any atom is 0.411 e. The summed E-state index contributed by atoms with van der Waals surface area (Å²) in [5.74, 6) is 0. The molecule has 2 aliphatic rings. The number of rotatable bonds is 6. The van der Waals surface area contributed by atoms with Crippen molar-refractivity contribution in [3.8, 4) is 0 Å². The lowest BCUT2D eigenvalue weighted by Gasteiger charge is -2.29. The summed E-state index contributed by atoms with van der Waals surface area (Å²) in [5.41, 5.74) is 8.92. The van der Waals surface area contributed by atoms with Gasteiger partial charge in [0.05, 0.1) is 18.1 Å². The zero-order chi connectivity index (χ0) is 27.2. The first-order chi connectivity index (χ1) is 17.2. The number of carbonyl (C=O) groups excluding carboxylic acids is 2. The van der Waals surface area contributed by atoms with E-state index >= 15 is 0 Å². The first-order valence-corrected chi connectivity index (χ1v) is 13.6. The maximum absolute atomic E-state index is 13.2. The molecule has 0 bridgehead atoms. The number of hydrogen-bond donors (Lipinski definition) is 2. The van der Waals surface area contributed by atoms with Crippen molar-refractivity contribution in [2.75, 3.05) is 12.3 Å². The molecule has 1 aliphatic carbocycles. The second kappa shape index (κ2) is 9.86. The Bertz CT molecular complexity index is 1180. The van der Waals surface area contributed by atoms with Crippen LogP contribution >= 0.6 is 15.9 Å². The molecule has 8 heteroatoms. The molecule has 3 N–H and O–H groups in total. The fraction of sp³-hybridized carbons (Fsp3) is 0.517. The summed E-state index contributed by atoms with van der Waals surface area (Å²) in [6.45, 7) is 12.4. The summed E-state index contributed by atoms with van der Waals surface area (Å²) in [6.07, 6.45) is 0.809. The molecule has 200 valence electrons. The van der Waals surface area contributed by atoms with Crippen molar-refractivity contribution < 1.29 is 19.1 Å². The van der Waals surface area contributed by atoms with Gasteiger partial charge >= 0.3 is 12.2 Å². The average molecular weight is 573 g/mol. The third kappa shape index (κ3) is 6.22. The molecule has 2 aromatic rings. The molecule has 0 radical (unpaired) electrons. The Balaban J connectivity index is 1.58. The fourth-order valence-electron chi connectivity index (χ4n) is 4.84. The summed E-state index contributed by atoms with van der Waals surface area (Å²) in [7, 11) is 0. The molecule has 2 fully saturated rings. The number of nitrogens with two attached hydrogens (primary N) is 1. The third-order valence-electron chi connectivity index (χ3n) is 7.01. The zero-order valence-corrected chi connectivity index (χ0v) is 24.1. The molecule has 1 unspecified atom stereocenters. The number of nitrogens with one attached hydrogen (secondary N) is 1. The quantitative estimate of drug-likeness (QED) is 0.398. The molecule has 4 rings (SSSR count). The van der Waals surface area contributed by atoms with Crippen LogP contribution in [0, 0.1) is 0 Å². The highest BCUT2D eigenvalue weighted by atomic mass is 79.9. The van der Waals surface area contributed by atoms with Gasteiger partial charge in [-0.25, -0.2) is 9.59 Å². The minimum Gasteiger partial charge on any atom is -0.444 e. The lowest BCUT2D eigenvalue weighted by molar-refractivity contribution is 0.0436. The van der Waals surface area contributed by atoms with Gasteiger partial charge < -0.3 is 20.5 Å². The Morgan fingerprint density at radius 3 is 2.49 bits per heavy atom. The summed E-state index contributed by atoms with van der Waals surface area (Å²) in [6, 6.07) is 13.7. The Labute approximate surface area is 228 Å². The summed E-state index contributed by atoms with van der Waals surface area (Å²) >= 11 is 3.48. The van der Waals surface area contributed by atoms with Gasteiger partial charge in [-0.05, 0) is 90.2 Å². The van der Waals surface area contributed by atoms with Crippen molar-refractivity contribution in [3.63, 3.8) is 0 Å². The Morgan fingerprint density at radius 2 is 1.89 bits per heavy atom. The third-order valence-corrected chi connectivity index (χ3v) is 7.70. The highest BCUT2D eigenvalue weighted by Gasteiger charge is 2.56. The molecule has 1 saturated heterocycles. The van der Waals surface area contributed by atoms with Gasteiger partial charge in [-0.15, -0.1) is 0 Å². The molecule has 7 nitrogen and oxygen atoms in total. The van der Waals surface area contributed by atoms with Crippen molar-refractivity contribution in [1.82, 2.24) is 10.2 Å². The molecule has 2 amide bonds. The topological polar surface area (TPSA) is 93.9 Å². The fourth-order valence-corrected chi connectivity index (χ4v) is 5.26. The second-order valence-corrected chi connectivity index (χ2v) is 13.1. The van der Waals surface area contributed by atoms with Crippen LogP contribution in [0.2, 0.25) is 0 Å². The van der Waals surface area contributed by atoms with Crippen molar-refractivity contribution in [1.29, 1.82) is 0 Å². The molecule has 1 aliphatic heterocycles. The second-order valence-electron chi connectivity index (χ2n) is 12.2. The Hall–Kier alpha value is -2.74. The molecule has 37 heavy (non-hydrogen) atoms. The number of ether oxygens (including phenoxy) is 2. The van der Waals surface area contributed by atoms with Crippen LogP contribution in [0.3, 0.4) is 0 Å². The van der Waals surface area contributed by atoms with Gasteiger partial charge in [-0.3, -0.25) is 4.90 Å². The number of anilines is 1. The van der Waals surface area contributed by atoms with E-state index in [4.69, 9.17) is 15.2 Å². The number of nitrogen functional groups attached to an aromatic ring is 1. The predicted octanol–water partition coefficient (Wildman–Crippen LogP) is 6.27. The van der Waals surface area contributed by atoms with E-state index in [1.165, 1.54) is 5.56 Å². The number of hydrogen-bond acceptors (Lipinski definition) is 5. The molecule has 2 aromatic carbocycles. The molecule has 1 saturated carbocycles. The molecule has 0 spiro atoms. The lowest BCUT2D eigenvalue weighted by atomic mass is 9.85. The van der Waals surface area contributed by atoms with E-state index in [0.717, 1.165) is 28.4 Å². The number of benzene rings is 2. The smallest absolute Gasteiger partial charge is 0.411 e. The van der Waals surface area contributed by atoms with Gasteiger partial charge in [0.25, 0.3) is 0 Å². The van der Waals surface area contributed by atoms with E-state index in [1.807, 2.05) is 43.9 Å². The van der Waals surface area contributed by atoms with E-state index in [-0.39, 0.29) is 17.0 Å². The van der Waals surface area contributed by atoms with E-state index in [2.05, 4.69) is 66.3 Å². The zero-order valence-electron chi connectivity index (χ0n) is 22.6. The molecule has 1 heterocycles. The van der Waals surface area contributed by atoms with Crippen LogP contribution in [-0.4, -0.2) is 41.4 Å². The highest BCUT2D eigenvalue weighted by molar-refractivity contribution is 9.10. The maximum atomic E-state index is 13.2. The van der Waals surface area contributed by atoms with Gasteiger partial charge in [-0.2, -0.15) is 0 Å². The van der Waals surface area contributed by atoms with Crippen LogP contribution < -0.4 is 11.1 Å². The van der Waals surface area contributed by atoms with Crippen LogP contribution in [0.5, 0.6) is 0 Å². The highest BCUT2D eigenvalue weighted by Crippen LogP contribution is 2.53. The summed E-state index contributed by atoms with van der Waals surface area (Å²) in [5, 5.41) is 2.97. The standard InChI is InChI=1S/C29H38BrN3O4/c1-27(2,3)19-8-7-9-20(16-19)29(12-13-29)33-17-24(36-26(33)35)23(32-25(34)37-28(4,5)6)15-18-10-11-22(31)21(30)14-18/h7-11,14,16,23-24H,12-13,15,17,31H2,1-6H3,(H,32,34)/t23-,24?/m0/s1.